The number of aromatic nitrogens is 1. The van der Waals surface area contributed by atoms with Crippen LogP contribution in [-0.4, -0.2) is 83.3 Å². The van der Waals surface area contributed by atoms with Gasteiger partial charge in [0.1, 0.15) is 5.54 Å². The van der Waals surface area contributed by atoms with E-state index in [1.165, 1.54) is 16.2 Å². The summed E-state index contributed by atoms with van der Waals surface area (Å²) in [5.74, 6) is -0.0695. The van der Waals surface area contributed by atoms with Crippen LogP contribution in [0.5, 0.6) is 0 Å². The molecule has 0 radical (unpaired) electrons. The molecule has 3 heterocycles. The lowest BCUT2D eigenvalue weighted by Gasteiger charge is -2.41. The van der Waals surface area contributed by atoms with Crippen molar-refractivity contribution in [1.29, 1.82) is 0 Å². The number of nitrogens with one attached hydrogen (secondary N) is 1. The molecule has 1 atom stereocenters. The van der Waals surface area contributed by atoms with Crippen LogP contribution in [0.4, 0.5) is 4.79 Å². The molecule has 0 unspecified atom stereocenters. The van der Waals surface area contributed by atoms with Gasteiger partial charge in [-0.25, -0.2) is 9.78 Å². The second-order valence-electron chi connectivity index (χ2n) is 9.46. The fraction of sp³-hybridized carbons (Fsp3) is 0.520. The van der Waals surface area contributed by atoms with E-state index in [9.17, 15) is 14.4 Å². The molecule has 8 nitrogen and oxygen atoms in total. The van der Waals surface area contributed by atoms with E-state index in [1.54, 1.807) is 5.51 Å². The average molecular weight is 484 g/mol. The first-order valence-corrected chi connectivity index (χ1v) is 12.8. The number of amides is 4. The van der Waals surface area contributed by atoms with Gasteiger partial charge in [0.05, 0.1) is 17.6 Å². The van der Waals surface area contributed by atoms with Gasteiger partial charge in [0.2, 0.25) is 5.91 Å². The molecule has 9 heteroatoms. The fourth-order valence-corrected chi connectivity index (χ4v) is 5.56. The number of likely N-dealkylation sites (N-methyl/N-ethyl adjacent to an activating group) is 1. The molecule has 0 spiro atoms. The summed E-state index contributed by atoms with van der Waals surface area (Å²) in [6, 6.07) is 9.77. The highest BCUT2D eigenvalue weighted by atomic mass is 32.1. The highest BCUT2D eigenvalue weighted by molar-refractivity contribution is 7.07. The van der Waals surface area contributed by atoms with E-state index < -0.39 is 5.54 Å². The van der Waals surface area contributed by atoms with Gasteiger partial charge in [-0.1, -0.05) is 30.3 Å². The second kappa shape index (κ2) is 10.7. The van der Waals surface area contributed by atoms with E-state index in [2.05, 4.69) is 22.4 Å². The van der Waals surface area contributed by atoms with Gasteiger partial charge < -0.3 is 15.1 Å². The third kappa shape index (κ3) is 5.31. The van der Waals surface area contributed by atoms with Gasteiger partial charge in [-0.2, -0.15) is 0 Å². The third-order valence-corrected chi connectivity index (χ3v) is 7.62. The molecule has 4 rings (SSSR count). The Morgan fingerprint density at radius 1 is 1.21 bits per heavy atom. The van der Waals surface area contributed by atoms with Crippen LogP contribution >= 0.6 is 11.3 Å². The van der Waals surface area contributed by atoms with Gasteiger partial charge in [-0.3, -0.25) is 14.5 Å². The molecule has 2 aliphatic rings. The van der Waals surface area contributed by atoms with Crippen LogP contribution in [0.2, 0.25) is 0 Å². The van der Waals surface area contributed by atoms with E-state index >= 15 is 0 Å². The topological polar surface area (TPSA) is 85.8 Å². The average Bonchev–Trinajstić information content (AvgIpc) is 3.43. The minimum atomic E-state index is -0.927. The first-order valence-electron chi connectivity index (χ1n) is 11.9. The number of carbonyl (C=O) groups is 3. The normalized spacial score (nSPS) is 21.4. The molecule has 1 aromatic carbocycles. The summed E-state index contributed by atoms with van der Waals surface area (Å²) in [6.45, 7) is 2.16. The van der Waals surface area contributed by atoms with Gasteiger partial charge in [0.25, 0.3) is 5.91 Å². The van der Waals surface area contributed by atoms with E-state index in [0.29, 0.717) is 58.3 Å². The molecule has 2 saturated heterocycles. The number of aryl methyl sites for hydroxylation is 1. The van der Waals surface area contributed by atoms with Crippen molar-refractivity contribution in [3.63, 3.8) is 0 Å². The number of carbonyl (C=O) groups excluding carboxylic acids is 3. The smallest absolute Gasteiger partial charge is 0.325 e. The van der Waals surface area contributed by atoms with Crippen LogP contribution in [0, 0.1) is 5.92 Å². The summed E-state index contributed by atoms with van der Waals surface area (Å²) in [5, 5.41) is 5.02. The Labute approximate surface area is 204 Å². The van der Waals surface area contributed by atoms with Crippen molar-refractivity contribution in [2.75, 3.05) is 40.3 Å². The summed E-state index contributed by atoms with van der Waals surface area (Å²) in [5.41, 5.74) is 2.75. The zero-order valence-electron chi connectivity index (χ0n) is 19.9. The minimum absolute atomic E-state index is 0.0136. The Morgan fingerprint density at radius 2 is 1.94 bits per heavy atom. The summed E-state index contributed by atoms with van der Waals surface area (Å²) >= 11 is 1.49. The van der Waals surface area contributed by atoms with Gasteiger partial charge in [0, 0.05) is 31.6 Å². The molecular formula is C25H33N5O3S. The lowest BCUT2D eigenvalue weighted by molar-refractivity contribution is -0.136. The van der Waals surface area contributed by atoms with E-state index in [0.717, 1.165) is 11.3 Å². The number of imide groups is 1. The maximum atomic E-state index is 13.7. The highest BCUT2D eigenvalue weighted by Gasteiger charge is 2.55. The SMILES string of the molecule is CN(C)CCN1C(=O)N[C@](CCc2ccccc2)(C2CCN(C(=O)Cc3cscn3)CC2)C1=O. The number of hydrogen-bond acceptors (Lipinski definition) is 6. The van der Waals surface area contributed by atoms with Crippen molar-refractivity contribution < 1.29 is 14.4 Å². The number of likely N-dealkylation sites (tertiary alicyclic amines) is 1. The highest BCUT2D eigenvalue weighted by Crippen LogP contribution is 2.37. The molecule has 34 heavy (non-hydrogen) atoms. The lowest BCUT2D eigenvalue weighted by Crippen LogP contribution is -2.57. The molecule has 1 N–H and O–H groups in total. The molecule has 2 fully saturated rings. The first-order chi connectivity index (χ1) is 16.4. The van der Waals surface area contributed by atoms with Crippen molar-refractivity contribution in [2.45, 2.75) is 37.6 Å². The molecule has 2 aromatic rings. The number of hydrogen-bond donors (Lipinski definition) is 1. The van der Waals surface area contributed by atoms with Crippen LogP contribution in [0.1, 0.15) is 30.5 Å². The first kappa shape index (κ1) is 24.3. The minimum Gasteiger partial charge on any atom is -0.342 e. The Hall–Kier alpha value is -2.78. The molecule has 182 valence electrons. The van der Waals surface area contributed by atoms with Gasteiger partial charge >= 0.3 is 6.03 Å². The number of piperidine rings is 1. The van der Waals surface area contributed by atoms with Crippen LogP contribution in [-0.2, 0) is 22.4 Å². The Balaban J connectivity index is 1.48. The summed E-state index contributed by atoms with van der Waals surface area (Å²) < 4.78 is 0. The van der Waals surface area contributed by atoms with Gasteiger partial charge in [-0.15, -0.1) is 11.3 Å². The lowest BCUT2D eigenvalue weighted by atomic mass is 9.74. The van der Waals surface area contributed by atoms with Gasteiger partial charge in [-0.05, 0) is 51.3 Å². The number of urea groups is 1. The quantitative estimate of drug-likeness (QED) is 0.554. The second-order valence-corrected chi connectivity index (χ2v) is 10.2. The summed E-state index contributed by atoms with van der Waals surface area (Å²) in [7, 11) is 3.86. The van der Waals surface area contributed by atoms with E-state index in [-0.39, 0.29) is 23.8 Å². The zero-order valence-corrected chi connectivity index (χ0v) is 20.7. The summed E-state index contributed by atoms with van der Waals surface area (Å²) in [6.07, 6.45) is 2.94. The largest absolute Gasteiger partial charge is 0.342 e. The van der Waals surface area contributed by atoms with Crippen molar-refractivity contribution in [3.8, 4) is 0 Å². The fourth-order valence-electron chi connectivity index (χ4n) is 5.00. The van der Waals surface area contributed by atoms with Gasteiger partial charge in [0.15, 0.2) is 0 Å². The number of nitrogens with zero attached hydrogens (tertiary/aromatic N) is 4. The van der Waals surface area contributed by atoms with E-state index in [4.69, 9.17) is 0 Å². The predicted octanol–water partition coefficient (Wildman–Crippen LogP) is 2.41. The molecule has 4 amide bonds. The molecule has 0 saturated carbocycles. The molecule has 2 aliphatic heterocycles. The molecule has 0 aliphatic carbocycles. The standard InChI is InChI=1S/C25H33N5O3S/c1-28(2)14-15-30-23(32)25(27-24(30)33,11-8-19-6-4-3-5-7-19)20-9-12-29(13-10-20)22(31)16-21-17-34-18-26-21/h3-7,17-18,20H,8-16H2,1-2H3,(H,27,33)/t25-/m1/s1. The van der Waals surface area contributed by atoms with Crippen LogP contribution < -0.4 is 5.32 Å². The molecule has 1 aromatic heterocycles. The third-order valence-electron chi connectivity index (χ3n) is 6.98. The van der Waals surface area contributed by atoms with E-state index in [1.807, 2.05) is 47.5 Å². The Morgan fingerprint density at radius 3 is 2.59 bits per heavy atom. The predicted molar refractivity (Wildman–Crippen MR) is 131 cm³/mol. The number of benzene rings is 1. The van der Waals surface area contributed by atoms with Crippen molar-refractivity contribution in [2.24, 2.45) is 5.92 Å². The monoisotopic (exact) mass is 483 g/mol. The number of thiazole rings is 1. The van der Waals surface area contributed by atoms with Crippen molar-refractivity contribution >= 4 is 29.2 Å². The molecular weight excluding hydrogens is 450 g/mol. The van der Waals surface area contributed by atoms with Crippen LogP contribution in [0.3, 0.4) is 0 Å². The van der Waals surface area contributed by atoms with Crippen LogP contribution in [0.15, 0.2) is 41.2 Å². The summed E-state index contributed by atoms with van der Waals surface area (Å²) in [4.78, 5) is 48.8. The number of rotatable bonds is 9. The maximum absolute atomic E-state index is 13.7. The van der Waals surface area contributed by atoms with Crippen molar-refractivity contribution in [3.05, 3.63) is 52.5 Å². The Bertz CT molecular complexity index is 989. The van der Waals surface area contributed by atoms with Crippen molar-refractivity contribution in [1.82, 2.24) is 25.0 Å². The zero-order chi connectivity index (χ0) is 24.1. The molecule has 0 bridgehead atoms. The van der Waals surface area contributed by atoms with Crippen LogP contribution in [0.25, 0.3) is 0 Å². The maximum Gasteiger partial charge on any atom is 0.325 e. The Kier molecular flexibility index (Phi) is 7.63.